The number of nitrogens with zero attached hydrogens (tertiary/aromatic N) is 2. The molecule has 2 heterocycles. The maximum atomic E-state index is 5.89. The van der Waals surface area contributed by atoms with Gasteiger partial charge >= 0.3 is 0 Å². The van der Waals surface area contributed by atoms with Crippen LogP contribution in [0.25, 0.3) is 0 Å². The van der Waals surface area contributed by atoms with E-state index in [1.165, 1.54) is 12.8 Å². The first-order valence-electron chi connectivity index (χ1n) is 6.01. The monoisotopic (exact) mass is 219 g/mol. The molecule has 1 aromatic heterocycles. The van der Waals surface area contributed by atoms with Crippen molar-refractivity contribution in [3.8, 4) is 5.75 Å². The summed E-state index contributed by atoms with van der Waals surface area (Å²) >= 11 is 0. The second-order valence-corrected chi connectivity index (χ2v) is 4.38. The fourth-order valence-electron chi connectivity index (χ4n) is 1.95. The Morgan fingerprint density at radius 3 is 2.88 bits per heavy atom. The molecule has 2 fully saturated rings. The lowest BCUT2D eigenvalue weighted by Crippen LogP contribution is -2.44. The molecule has 1 N–H and O–H groups in total. The van der Waals surface area contributed by atoms with Gasteiger partial charge in [0.05, 0.1) is 6.10 Å². The molecule has 0 amide bonds. The van der Waals surface area contributed by atoms with E-state index in [4.69, 9.17) is 4.74 Å². The third-order valence-electron chi connectivity index (χ3n) is 2.99. The molecule has 0 spiro atoms. The number of aromatic nitrogens is 1. The number of nitrogens with one attached hydrogen (secondary N) is 1. The fourth-order valence-corrected chi connectivity index (χ4v) is 1.95. The summed E-state index contributed by atoms with van der Waals surface area (Å²) in [6, 6.07) is 3.98. The smallest absolute Gasteiger partial charge is 0.171 e. The fraction of sp³-hybridized carbons (Fsp3) is 0.583. The molecule has 3 rings (SSSR count). The normalized spacial score (nSPS) is 20.9. The van der Waals surface area contributed by atoms with Crippen molar-refractivity contribution >= 4 is 5.82 Å². The molecule has 0 unspecified atom stereocenters. The number of piperazine rings is 1. The van der Waals surface area contributed by atoms with Crippen LogP contribution in [0.2, 0.25) is 0 Å². The van der Waals surface area contributed by atoms with Crippen LogP contribution < -0.4 is 15.0 Å². The zero-order chi connectivity index (χ0) is 10.8. The van der Waals surface area contributed by atoms with Gasteiger partial charge in [-0.2, -0.15) is 0 Å². The van der Waals surface area contributed by atoms with Gasteiger partial charge in [-0.25, -0.2) is 4.98 Å². The van der Waals surface area contributed by atoms with Crippen molar-refractivity contribution in [3.63, 3.8) is 0 Å². The standard InChI is InChI=1S/C12H17N3O/c1-2-11(16-10-3-4-10)12(14-5-1)15-8-6-13-7-9-15/h1-2,5,10,13H,3-4,6-9H2. The van der Waals surface area contributed by atoms with E-state index in [1.807, 2.05) is 18.3 Å². The number of pyridine rings is 1. The predicted molar refractivity (Wildman–Crippen MR) is 63.0 cm³/mol. The van der Waals surface area contributed by atoms with Crippen molar-refractivity contribution in [1.82, 2.24) is 10.3 Å². The van der Waals surface area contributed by atoms with E-state index in [2.05, 4.69) is 15.2 Å². The highest BCUT2D eigenvalue weighted by Crippen LogP contribution is 2.32. The van der Waals surface area contributed by atoms with Crippen LogP contribution in [0.4, 0.5) is 5.82 Å². The van der Waals surface area contributed by atoms with Gasteiger partial charge in [0.15, 0.2) is 11.6 Å². The van der Waals surface area contributed by atoms with Crippen LogP contribution in [0.5, 0.6) is 5.75 Å². The highest BCUT2D eigenvalue weighted by molar-refractivity contribution is 5.52. The molecule has 1 aliphatic heterocycles. The van der Waals surface area contributed by atoms with Crippen LogP contribution >= 0.6 is 0 Å². The molecule has 0 bridgehead atoms. The molecule has 1 saturated carbocycles. The zero-order valence-electron chi connectivity index (χ0n) is 9.35. The Balaban J connectivity index is 1.79. The first kappa shape index (κ1) is 9.90. The minimum atomic E-state index is 0.436. The van der Waals surface area contributed by atoms with Crippen molar-refractivity contribution in [1.29, 1.82) is 0 Å². The van der Waals surface area contributed by atoms with E-state index in [9.17, 15) is 0 Å². The highest BCUT2D eigenvalue weighted by atomic mass is 16.5. The van der Waals surface area contributed by atoms with Gasteiger partial charge in [-0.05, 0) is 25.0 Å². The average molecular weight is 219 g/mol. The van der Waals surface area contributed by atoms with Gasteiger partial charge in [0.1, 0.15) is 0 Å². The van der Waals surface area contributed by atoms with Crippen LogP contribution in [0, 0.1) is 0 Å². The maximum absolute atomic E-state index is 5.89. The van der Waals surface area contributed by atoms with E-state index >= 15 is 0 Å². The van der Waals surface area contributed by atoms with E-state index in [-0.39, 0.29) is 0 Å². The van der Waals surface area contributed by atoms with Crippen LogP contribution in [-0.4, -0.2) is 37.3 Å². The molecule has 0 aromatic carbocycles. The highest BCUT2D eigenvalue weighted by Gasteiger charge is 2.26. The van der Waals surface area contributed by atoms with Crippen LogP contribution in [0.3, 0.4) is 0 Å². The Kier molecular flexibility index (Phi) is 2.66. The SMILES string of the molecule is c1cnc(N2CCNCC2)c(OC2CC2)c1. The van der Waals surface area contributed by atoms with Gasteiger partial charge < -0.3 is 15.0 Å². The van der Waals surface area contributed by atoms with E-state index in [0.29, 0.717) is 6.10 Å². The molecule has 4 heteroatoms. The zero-order valence-corrected chi connectivity index (χ0v) is 9.35. The summed E-state index contributed by atoms with van der Waals surface area (Å²) in [5, 5.41) is 3.35. The molecule has 0 atom stereocenters. The van der Waals surface area contributed by atoms with E-state index in [0.717, 1.165) is 37.7 Å². The Morgan fingerprint density at radius 2 is 2.12 bits per heavy atom. The molecule has 1 aliphatic carbocycles. The Hall–Kier alpha value is -1.29. The summed E-state index contributed by atoms with van der Waals surface area (Å²) in [4.78, 5) is 6.76. The van der Waals surface area contributed by atoms with Gasteiger partial charge in [-0.1, -0.05) is 0 Å². The largest absolute Gasteiger partial charge is 0.487 e. The predicted octanol–water partition coefficient (Wildman–Crippen LogP) is 1.03. The lowest BCUT2D eigenvalue weighted by Gasteiger charge is -2.29. The molecular formula is C12H17N3O. The molecule has 16 heavy (non-hydrogen) atoms. The number of ether oxygens (including phenoxy) is 1. The Bertz CT molecular complexity index is 359. The van der Waals surface area contributed by atoms with Crippen molar-refractivity contribution in [2.75, 3.05) is 31.1 Å². The summed E-state index contributed by atoms with van der Waals surface area (Å²) in [6.45, 7) is 4.08. The van der Waals surface area contributed by atoms with Gasteiger partial charge in [-0.3, -0.25) is 0 Å². The van der Waals surface area contributed by atoms with Gasteiger partial charge in [0, 0.05) is 32.4 Å². The third-order valence-corrected chi connectivity index (χ3v) is 2.99. The van der Waals surface area contributed by atoms with Crippen LogP contribution in [-0.2, 0) is 0 Å². The third kappa shape index (κ3) is 2.11. The second-order valence-electron chi connectivity index (χ2n) is 4.38. The first-order valence-corrected chi connectivity index (χ1v) is 6.01. The molecule has 1 aromatic rings. The molecule has 0 radical (unpaired) electrons. The van der Waals surface area contributed by atoms with Crippen molar-refractivity contribution in [3.05, 3.63) is 18.3 Å². The average Bonchev–Trinajstić information content (AvgIpc) is 3.15. The Labute approximate surface area is 95.6 Å². The second kappa shape index (κ2) is 4.29. The maximum Gasteiger partial charge on any atom is 0.171 e. The van der Waals surface area contributed by atoms with Crippen LogP contribution in [0.15, 0.2) is 18.3 Å². The van der Waals surface area contributed by atoms with E-state index in [1.54, 1.807) is 0 Å². The summed E-state index contributed by atoms with van der Waals surface area (Å²) in [7, 11) is 0. The lowest BCUT2D eigenvalue weighted by atomic mass is 10.3. The number of hydrogen-bond donors (Lipinski definition) is 1. The number of rotatable bonds is 3. The topological polar surface area (TPSA) is 37.4 Å². The summed E-state index contributed by atoms with van der Waals surface area (Å²) in [5.74, 6) is 1.96. The lowest BCUT2D eigenvalue weighted by molar-refractivity contribution is 0.302. The Morgan fingerprint density at radius 1 is 1.31 bits per heavy atom. The van der Waals surface area contributed by atoms with Crippen LogP contribution in [0.1, 0.15) is 12.8 Å². The summed E-state index contributed by atoms with van der Waals surface area (Å²) in [6.07, 6.45) is 4.66. The minimum absolute atomic E-state index is 0.436. The number of anilines is 1. The summed E-state index contributed by atoms with van der Waals surface area (Å²) in [5.41, 5.74) is 0. The van der Waals surface area contributed by atoms with Gasteiger partial charge in [0.25, 0.3) is 0 Å². The van der Waals surface area contributed by atoms with Crippen molar-refractivity contribution in [2.45, 2.75) is 18.9 Å². The minimum Gasteiger partial charge on any atom is -0.487 e. The van der Waals surface area contributed by atoms with Crippen molar-refractivity contribution in [2.24, 2.45) is 0 Å². The van der Waals surface area contributed by atoms with E-state index < -0.39 is 0 Å². The molecule has 2 aliphatic rings. The first-order chi connectivity index (χ1) is 7.93. The quantitative estimate of drug-likeness (QED) is 0.824. The molecular weight excluding hydrogens is 202 g/mol. The summed E-state index contributed by atoms with van der Waals surface area (Å²) < 4.78 is 5.89. The van der Waals surface area contributed by atoms with Gasteiger partial charge in [-0.15, -0.1) is 0 Å². The van der Waals surface area contributed by atoms with Gasteiger partial charge in [0.2, 0.25) is 0 Å². The molecule has 1 saturated heterocycles. The molecule has 86 valence electrons. The number of hydrogen-bond acceptors (Lipinski definition) is 4. The van der Waals surface area contributed by atoms with Crippen molar-refractivity contribution < 1.29 is 4.74 Å². The molecule has 4 nitrogen and oxygen atoms in total.